The molecule has 15 heavy (non-hydrogen) atoms. The SMILES string of the molecule is c1cnc2ncn(C3CCCCC3)c2c1. The molecule has 0 spiro atoms. The minimum Gasteiger partial charge on any atom is -0.326 e. The highest BCUT2D eigenvalue weighted by Crippen LogP contribution is 2.30. The van der Waals surface area contributed by atoms with Crippen LogP contribution >= 0.6 is 0 Å². The smallest absolute Gasteiger partial charge is 0.177 e. The summed E-state index contributed by atoms with van der Waals surface area (Å²) in [6.45, 7) is 0. The van der Waals surface area contributed by atoms with E-state index >= 15 is 0 Å². The molecule has 0 saturated heterocycles. The number of hydrogen-bond acceptors (Lipinski definition) is 2. The van der Waals surface area contributed by atoms with Gasteiger partial charge in [0.25, 0.3) is 0 Å². The van der Waals surface area contributed by atoms with Gasteiger partial charge in [0.05, 0.1) is 11.8 Å². The van der Waals surface area contributed by atoms with Crippen LogP contribution in [0.3, 0.4) is 0 Å². The molecule has 0 radical (unpaired) electrons. The molecule has 3 rings (SSSR count). The summed E-state index contributed by atoms with van der Waals surface area (Å²) < 4.78 is 2.31. The third-order valence-corrected chi connectivity index (χ3v) is 3.32. The van der Waals surface area contributed by atoms with Crippen molar-refractivity contribution in [2.75, 3.05) is 0 Å². The zero-order chi connectivity index (χ0) is 10.1. The predicted molar refractivity (Wildman–Crippen MR) is 59.7 cm³/mol. The van der Waals surface area contributed by atoms with Gasteiger partial charge in [-0.15, -0.1) is 0 Å². The molecule has 0 amide bonds. The molecule has 0 aromatic carbocycles. The van der Waals surface area contributed by atoms with E-state index in [0.717, 1.165) is 5.65 Å². The van der Waals surface area contributed by atoms with E-state index in [9.17, 15) is 0 Å². The molecule has 3 heteroatoms. The second-order valence-corrected chi connectivity index (χ2v) is 4.29. The van der Waals surface area contributed by atoms with Gasteiger partial charge in [0.1, 0.15) is 0 Å². The molecule has 0 N–H and O–H groups in total. The van der Waals surface area contributed by atoms with Crippen molar-refractivity contribution in [3.63, 3.8) is 0 Å². The maximum absolute atomic E-state index is 4.35. The lowest BCUT2D eigenvalue weighted by Gasteiger charge is -2.23. The van der Waals surface area contributed by atoms with Crippen molar-refractivity contribution in [3.8, 4) is 0 Å². The number of nitrogens with zero attached hydrogens (tertiary/aromatic N) is 3. The van der Waals surface area contributed by atoms with Crippen molar-refractivity contribution in [2.24, 2.45) is 0 Å². The van der Waals surface area contributed by atoms with Crippen LogP contribution in [0.25, 0.3) is 11.2 Å². The fraction of sp³-hybridized carbons (Fsp3) is 0.500. The van der Waals surface area contributed by atoms with Crippen molar-refractivity contribution in [1.82, 2.24) is 14.5 Å². The van der Waals surface area contributed by atoms with Crippen LogP contribution in [-0.4, -0.2) is 14.5 Å². The minimum atomic E-state index is 0.646. The quantitative estimate of drug-likeness (QED) is 0.710. The summed E-state index contributed by atoms with van der Waals surface area (Å²) in [5, 5.41) is 0. The largest absolute Gasteiger partial charge is 0.326 e. The van der Waals surface area contributed by atoms with Gasteiger partial charge in [-0.05, 0) is 25.0 Å². The molecule has 2 heterocycles. The number of rotatable bonds is 1. The molecule has 2 aromatic heterocycles. The molecule has 2 aromatic rings. The maximum atomic E-state index is 4.35. The number of pyridine rings is 1. The zero-order valence-electron chi connectivity index (χ0n) is 8.76. The molecular weight excluding hydrogens is 186 g/mol. The summed E-state index contributed by atoms with van der Waals surface area (Å²) in [5.41, 5.74) is 2.06. The molecule has 1 fully saturated rings. The highest BCUT2D eigenvalue weighted by Gasteiger charge is 2.16. The lowest BCUT2D eigenvalue weighted by atomic mass is 9.95. The van der Waals surface area contributed by atoms with Crippen molar-refractivity contribution in [1.29, 1.82) is 0 Å². The third kappa shape index (κ3) is 1.52. The van der Waals surface area contributed by atoms with Gasteiger partial charge in [0, 0.05) is 12.2 Å². The number of fused-ring (bicyclic) bond motifs is 1. The summed E-state index contributed by atoms with van der Waals surface area (Å²) in [4.78, 5) is 8.61. The fourth-order valence-electron chi connectivity index (χ4n) is 2.52. The van der Waals surface area contributed by atoms with Gasteiger partial charge in [0.2, 0.25) is 0 Å². The summed E-state index contributed by atoms with van der Waals surface area (Å²) in [5.74, 6) is 0. The van der Waals surface area contributed by atoms with E-state index in [4.69, 9.17) is 0 Å². The Morgan fingerprint density at radius 3 is 2.87 bits per heavy atom. The first-order valence-electron chi connectivity index (χ1n) is 5.73. The average molecular weight is 201 g/mol. The highest BCUT2D eigenvalue weighted by molar-refractivity contribution is 5.70. The molecule has 0 unspecified atom stereocenters. The second kappa shape index (κ2) is 3.65. The lowest BCUT2D eigenvalue weighted by molar-refractivity contribution is 0.359. The molecule has 3 nitrogen and oxygen atoms in total. The van der Waals surface area contributed by atoms with Crippen LogP contribution in [0.4, 0.5) is 0 Å². The van der Waals surface area contributed by atoms with E-state index in [2.05, 4.69) is 20.6 Å². The standard InChI is InChI=1S/C12H15N3/c1-2-5-10(6-3-1)15-9-14-12-11(15)7-4-8-13-12/h4,7-10H,1-3,5-6H2. The van der Waals surface area contributed by atoms with E-state index in [-0.39, 0.29) is 0 Å². The van der Waals surface area contributed by atoms with Gasteiger partial charge in [0.15, 0.2) is 5.65 Å². The van der Waals surface area contributed by atoms with E-state index in [1.54, 1.807) is 6.20 Å². The number of imidazole rings is 1. The molecule has 0 bridgehead atoms. The second-order valence-electron chi connectivity index (χ2n) is 4.29. The predicted octanol–water partition coefficient (Wildman–Crippen LogP) is 2.94. The van der Waals surface area contributed by atoms with Crippen LogP contribution in [0.2, 0.25) is 0 Å². The van der Waals surface area contributed by atoms with Crippen molar-refractivity contribution < 1.29 is 0 Å². The van der Waals surface area contributed by atoms with Crippen molar-refractivity contribution in [3.05, 3.63) is 24.7 Å². The summed E-state index contributed by atoms with van der Waals surface area (Å²) in [6.07, 6.45) is 10.4. The van der Waals surface area contributed by atoms with Gasteiger partial charge in [-0.25, -0.2) is 9.97 Å². The summed E-state index contributed by atoms with van der Waals surface area (Å²) in [6, 6.07) is 4.75. The van der Waals surface area contributed by atoms with Crippen LogP contribution in [0.15, 0.2) is 24.7 Å². The Bertz CT molecular complexity index is 455. The Balaban J connectivity index is 2.02. The average Bonchev–Trinajstić information content (AvgIpc) is 2.74. The molecule has 1 aliphatic carbocycles. The van der Waals surface area contributed by atoms with Crippen molar-refractivity contribution in [2.45, 2.75) is 38.1 Å². The van der Waals surface area contributed by atoms with Crippen molar-refractivity contribution >= 4 is 11.2 Å². The van der Waals surface area contributed by atoms with Gasteiger partial charge in [-0.1, -0.05) is 19.3 Å². The van der Waals surface area contributed by atoms with Gasteiger partial charge < -0.3 is 4.57 Å². The Morgan fingerprint density at radius 2 is 2.00 bits per heavy atom. The van der Waals surface area contributed by atoms with E-state index in [1.165, 1.54) is 37.6 Å². The van der Waals surface area contributed by atoms with Gasteiger partial charge in [-0.3, -0.25) is 0 Å². The maximum Gasteiger partial charge on any atom is 0.177 e. The van der Waals surface area contributed by atoms with Crippen LogP contribution < -0.4 is 0 Å². The van der Waals surface area contributed by atoms with E-state index in [1.807, 2.05) is 12.4 Å². The lowest BCUT2D eigenvalue weighted by Crippen LogP contribution is -2.11. The first-order chi connectivity index (χ1) is 7.45. The third-order valence-electron chi connectivity index (χ3n) is 3.32. The first-order valence-corrected chi connectivity index (χ1v) is 5.73. The molecular formula is C12H15N3. The van der Waals surface area contributed by atoms with E-state index in [0.29, 0.717) is 6.04 Å². The Labute approximate surface area is 89.2 Å². The first kappa shape index (κ1) is 8.89. The van der Waals surface area contributed by atoms with E-state index < -0.39 is 0 Å². The molecule has 0 aliphatic heterocycles. The van der Waals surface area contributed by atoms with Gasteiger partial charge >= 0.3 is 0 Å². The summed E-state index contributed by atoms with van der Waals surface area (Å²) >= 11 is 0. The molecule has 1 aliphatic rings. The summed E-state index contributed by atoms with van der Waals surface area (Å²) in [7, 11) is 0. The Hall–Kier alpha value is -1.38. The minimum absolute atomic E-state index is 0.646. The van der Waals surface area contributed by atoms with Crippen LogP contribution in [0, 0.1) is 0 Å². The van der Waals surface area contributed by atoms with Gasteiger partial charge in [-0.2, -0.15) is 0 Å². The molecule has 1 saturated carbocycles. The van der Waals surface area contributed by atoms with Crippen LogP contribution in [0.5, 0.6) is 0 Å². The number of aromatic nitrogens is 3. The molecule has 0 atom stereocenters. The zero-order valence-corrected chi connectivity index (χ0v) is 8.76. The normalized spacial score (nSPS) is 18.4. The molecule has 78 valence electrons. The van der Waals surface area contributed by atoms with Crippen LogP contribution in [-0.2, 0) is 0 Å². The topological polar surface area (TPSA) is 30.7 Å². The van der Waals surface area contributed by atoms with Crippen LogP contribution in [0.1, 0.15) is 38.1 Å². The monoisotopic (exact) mass is 201 g/mol. The highest BCUT2D eigenvalue weighted by atomic mass is 15.1. The fourth-order valence-corrected chi connectivity index (χ4v) is 2.52. The number of hydrogen-bond donors (Lipinski definition) is 0. The Morgan fingerprint density at radius 1 is 1.13 bits per heavy atom. The Kier molecular flexibility index (Phi) is 2.16.